The molecule has 5 heteroatoms. The second-order valence-electron chi connectivity index (χ2n) is 4.48. The van der Waals surface area contributed by atoms with E-state index < -0.39 is 5.91 Å². The summed E-state index contributed by atoms with van der Waals surface area (Å²) >= 11 is 0. The lowest BCUT2D eigenvalue weighted by Crippen LogP contribution is -2.10. The van der Waals surface area contributed by atoms with Gasteiger partial charge in [-0.1, -0.05) is 12.1 Å². The molecule has 0 spiro atoms. The minimum atomic E-state index is -0.444. The highest BCUT2D eigenvalue weighted by atomic mass is 16.5. The van der Waals surface area contributed by atoms with Gasteiger partial charge in [0.1, 0.15) is 0 Å². The van der Waals surface area contributed by atoms with E-state index in [0.717, 1.165) is 11.3 Å². The molecule has 2 aromatic rings. The number of anilines is 1. The molecular formula is C16H16N2O3. The van der Waals surface area contributed by atoms with E-state index in [1.807, 2.05) is 12.1 Å². The molecular weight excluding hydrogens is 268 g/mol. The topological polar surface area (TPSA) is 81.4 Å². The van der Waals surface area contributed by atoms with Crippen LogP contribution in [0.4, 0.5) is 5.69 Å². The van der Waals surface area contributed by atoms with Crippen molar-refractivity contribution in [2.24, 2.45) is 5.73 Å². The van der Waals surface area contributed by atoms with Gasteiger partial charge < -0.3 is 15.8 Å². The number of nitrogens with two attached hydrogens (primary N) is 1. The monoisotopic (exact) mass is 284 g/mol. The molecule has 0 aromatic heterocycles. The van der Waals surface area contributed by atoms with Crippen LogP contribution in [0, 0.1) is 0 Å². The molecule has 21 heavy (non-hydrogen) atoms. The van der Waals surface area contributed by atoms with Crippen LogP contribution in [0.25, 0.3) is 0 Å². The molecule has 1 amide bonds. The van der Waals surface area contributed by atoms with Gasteiger partial charge in [-0.05, 0) is 42.0 Å². The van der Waals surface area contributed by atoms with Gasteiger partial charge in [0, 0.05) is 17.8 Å². The number of ether oxygens (including phenoxy) is 1. The number of esters is 1. The number of benzene rings is 2. The van der Waals surface area contributed by atoms with Crippen molar-refractivity contribution in [1.29, 1.82) is 0 Å². The van der Waals surface area contributed by atoms with E-state index in [1.54, 1.807) is 36.4 Å². The zero-order chi connectivity index (χ0) is 15.2. The fourth-order valence-electron chi connectivity index (χ4n) is 1.83. The van der Waals surface area contributed by atoms with Crippen molar-refractivity contribution in [3.63, 3.8) is 0 Å². The van der Waals surface area contributed by atoms with Gasteiger partial charge in [0.2, 0.25) is 5.91 Å². The number of nitrogens with one attached hydrogen (secondary N) is 1. The van der Waals surface area contributed by atoms with Crippen LogP contribution in [0.1, 0.15) is 26.3 Å². The van der Waals surface area contributed by atoms with Crippen LogP contribution >= 0.6 is 0 Å². The van der Waals surface area contributed by atoms with Crippen LogP contribution in [-0.4, -0.2) is 19.0 Å². The Morgan fingerprint density at radius 2 is 1.57 bits per heavy atom. The summed E-state index contributed by atoms with van der Waals surface area (Å²) in [5.74, 6) is -0.795. The molecule has 0 heterocycles. The number of hydrogen-bond donors (Lipinski definition) is 2. The third kappa shape index (κ3) is 3.82. The average molecular weight is 284 g/mol. The predicted octanol–water partition coefficient (Wildman–Crippen LogP) is 2.18. The molecule has 3 N–H and O–H groups in total. The molecule has 0 aliphatic rings. The molecule has 5 nitrogen and oxygen atoms in total. The molecule has 0 aliphatic heterocycles. The molecule has 0 aliphatic carbocycles. The van der Waals surface area contributed by atoms with Gasteiger partial charge in [-0.25, -0.2) is 4.79 Å². The van der Waals surface area contributed by atoms with E-state index in [0.29, 0.717) is 17.7 Å². The Morgan fingerprint density at radius 1 is 1.00 bits per heavy atom. The average Bonchev–Trinajstić information content (AvgIpc) is 2.53. The fraction of sp³-hybridized carbons (Fsp3) is 0.125. The third-order valence-electron chi connectivity index (χ3n) is 3.04. The Balaban J connectivity index is 1.96. The molecule has 0 bridgehead atoms. The summed E-state index contributed by atoms with van der Waals surface area (Å²) in [7, 11) is 1.35. The van der Waals surface area contributed by atoms with E-state index in [2.05, 4.69) is 10.1 Å². The Kier molecular flexibility index (Phi) is 4.56. The van der Waals surface area contributed by atoms with Crippen LogP contribution in [0.5, 0.6) is 0 Å². The standard InChI is InChI=1S/C16H16N2O3/c1-21-16(20)13-4-2-11(3-5-13)10-18-14-8-6-12(7-9-14)15(17)19/h2-9,18H,10H2,1H3,(H2,17,19). The minimum Gasteiger partial charge on any atom is -0.465 e. The van der Waals surface area contributed by atoms with Crippen molar-refractivity contribution in [3.05, 3.63) is 65.2 Å². The Morgan fingerprint density at radius 3 is 2.10 bits per heavy atom. The molecule has 0 unspecified atom stereocenters. The minimum absolute atomic E-state index is 0.350. The van der Waals surface area contributed by atoms with Gasteiger partial charge >= 0.3 is 5.97 Å². The van der Waals surface area contributed by atoms with Gasteiger partial charge in [0.25, 0.3) is 0 Å². The molecule has 0 fully saturated rings. The summed E-state index contributed by atoms with van der Waals surface area (Å²) in [6.45, 7) is 0.609. The molecule has 108 valence electrons. The molecule has 2 aromatic carbocycles. The van der Waals surface area contributed by atoms with Gasteiger partial charge in [0.15, 0.2) is 0 Å². The van der Waals surface area contributed by atoms with Crippen molar-refractivity contribution < 1.29 is 14.3 Å². The lowest BCUT2D eigenvalue weighted by atomic mass is 10.1. The molecule has 0 saturated heterocycles. The predicted molar refractivity (Wildman–Crippen MR) is 80.1 cm³/mol. The third-order valence-corrected chi connectivity index (χ3v) is 3.04. The summed E-state index contributed by atoms with van der Waals surface area (Å²) in [4.78, 5) is 22.3. The molecule has 0 radical (unpaired) electrons. The van der Waals surface area contributed by atoms with Crippen molar-refractivity contribution >= 4 is 17.6 Å². The molecule has 0 atom stereocenters. The summed E-state index contributed by atoms with van der Waals surface area (Å²) in [5, 5.41) is 3.22. The highest BCUT2D eigenvalue weighted by molar-refractivity contribution is 5.93. The molecule has 0 saturated carbocycles. The van der Waals surface area contributed by atoms with E-state index >= 15 is 0 Å². The van der Waals surface area contributed by atoms with Crippen LogP contribution in [-0.2, 0) is 11.3 Å². The van der Waals surface area contributed by atoms with Crippen LogP contribution in [0.2, 0.25) is 0 Å². The van der Waals surface area contributed by atoms with Crippen molar-refractivity contribution in [2.45, 2.75) is 6.54 Å². The van der Waals surface area contributed by atoms with Gasteiger partial charge in [-0.3, -0.25) is 4.79 Å². The maximum absolute atomic E-state index is 11.3. The largest absolute Gasteiger partial charge is 0.465 e. The van der Waals surface area contributed by atoms with E-state index in [9.17, 15) is 9.59 Å². The first-order chi connectivity index (χ1) is 10.1. The van der Waals surface area contributed by atoms with Crippen molar-refractivity contribution in [1.82, 2.24) is 0 Å². The van der Waals surface area contributed by atoms with E-state index in [-0.39, 0.29) is 5.97 Å². The van der Waals surface area contributed by atoms with Crippen molar-refractivity contribution in [2.75, 3.05) is 12.4 Å². The lowest BCUT2D eigenvalue weighted by Gasteiger charge is -2.07. The number of primary amides is 1. The zero-order valence-corrected chi connectivity index (χ0v) is 11.6. The zero-order valence-electron chi connectivity index (χ0n) is 11.6. The maximum Gasteiger partial charge on any atom is 0.337 e. The first-order valence-corrected chi connectivity index (χ1v) is 6.41. The number of hydrogen-bond acceptors (Lipinski definition) is 4. The number of carbonyl (C=O) groups excluding carboxylic acids is 2. The first kappa shape index (κ1) is 14.6. The smallest absolute Gasteiger partial charge is 0.337 e. The van der Waals surface area contributed by atoms with Crippen LogP contribution < -0.4 is 11.1 Å². The quantitative estimate of drug-likeness (QED) is 0.825. The summed E-state index contributed by atoms with van der Waals surface area (Å²) in [6, 6.07) is 14.1. The second-order valence-corrected chi connectivity index (χ2v) is 4.48. The second kappa shape index (κ2) is 6.56. The van der Waals surface area contributed by atoms with Crippen LogP contribution in [0.15, 0.2) is 48.5 Å². The number of rotatable bonds is 5. The van der Waals surface area contributed by atoms with E-state index in [4.69, 9.17) is 5.73 Å². The summed E-state index contributed by atoms with van der Waals surface area (Å²) < 4.78 is 4.64. The first-order valence-electron chi connectivity index (χ1n) is 6.41. The van der Waals surface area contributed by atoms with Gasteiger partial charge in [0.05, 0.1) is 12.7 Å². The highest BCUT2D eigenvalue weighted by Gasteiger charge is 2.04. The number of methoxy groups -OCH3 is 1. The fourth-order valence-corrected chi connectivity index (χ4v) is 1.83. The summed E-state index contributed by atoms with van der Waals surface area (Å²) in [6.07, 6.45) is 0. The summed E-state index contributed by atoms with van der Waals surface area (Å²) in [5.41, 5.74) is 8.09. The van der Waals surface area contributed by atoms with Crippen LogP contribution in [0.3, 0.4) is 0 Å². The maximum atomic E-state index is 11.3. The SMILES string of the molecule is COC(=O)c1ccc(CNc2ccc(C(N)=O)cc2)cc1. The Labute approximate surface area is 122 Å². The Bertz CT molecular complexity index is 634. The lowest BCUT2D eigenvalue weighted by molar-refractivity contribution is 0.0600. The number of amides is 1. The Hall–Kier alpha value is -2.82. The number of carbonyl (C=O) groups is 2. The van der Waals surface area contributed by atoms with Gasteiger partial charge in [-0.2, -0.15) is 0 Å². The van der Waals surface area contributed by atoms with Gasteiger partial charge in [-0.15, -0.1) is 0 Å². The van der Waals surface area contributed by atoms with E-state index in [1.165, 1.54) is 7.11 Å². The van der Waals surface area contributed by atoms with Crippen molar-refractivity contribution in [3.8, 4) is 0 Å². The molecule has 2 rings (SSSR count). The highest BCUT2D eigenvalue weighted by Crippen LogP contribution is 2.12. The normalized spacial score (nSPS) is 9.95.